The predicted molar refractivity (Wildman–Crippen MR) is 86.1 cm³/mol. The zero-order valence-corrected chi connectivity index (χ0v) is 14.5. The molecule has 0 radical (unpaired) electrons. The van der Waals surface area contributed by atoms with Gasteiger partial charge in [0.25, 0.3) is 0 Å². The van der Waals surface area contributed by atoms with Gasteiger partial charge in [-0.1, -0.05) is 6.07 Å². The number of nitrogens with one attached hydrogen (secondary N) is 1. The van der Waals surface area contributed by atoms with Crippen LogP contribution >= 0.6 is 0 Å². The number of hydrogen-bond donors (Lipinski definition) is 1. The second kappa shape index (κ2) is 7.87. The number of carbonyl (C=O) groups excluding carboxylic acids is 1. The molecule has 0 aliphatic carbocycles. The fraction of sp³-hybridized carbons (Fsp3) is 0.533. The van der Waals surface area contributed by atoms with E-state index in [1.165, 1.54) is 6.07 Å². The fourth-order valence-electron chi connectivity index (χ4n) is 2.10. The van der Waals surface area contributed by atoms with Crippen LogP contribution in [0.4, 0.5) is 18.9 Å². The number of sulfonamides is 1. The number of halogens is 3. The molecule has 1 aromatic carbocycles. The van der Waals surface area contributed by atoms with Crippen molar-refractivity contribution in [2.75, 3.05) is 17.1 Å². The van der Waals surface area contributed by atoms with E-state index in [0.717, 1.165) is 28.8 Å². The molecule has 0 aromatic heterocycles. The van der Waals surface area contributed by atoms with Crippen molar-refractivity contribution in [3.8, 4) is 0 Å². The Morgan fingerprint density at radius 2 is 1.92 bits per heavy atom. The molecule has 5 nitrogen and oxygen atoms in total. The van der Waals surface area contributed by atoms with Crippen LogP contribution in [0.5, 0.6) is 0 Å². The topological polar surface area (TPSA) is 66.5 Å². The van der Waals surface area contributed by atoms with Gasteiger partial charge in [0, 0.05) is 19.0 Å². The number of hydrogen-bond acceptors (Lipinski definition) is 3. The number of benzene rings is 1. The summed E-state index contributed by atoms with van der Waals surface area (Å²) in [5, 5.41) is 2.67. The molecule has 9 heteroatoms. The Morgan fingerprint density at radius 1 is 1.29 bits per heavy atom. The Labute approximate surface area is 139 Å². The van der Waals surface area contributed by atoms with Gasteiger partial charge < -0.3 is 5.32 Å². The Morgan fingerprint density at radius 3 is 2.42 bits per heavy atom. The summed E-state index contributed by atoms with van der Waals surface area (Å²) < 4.78 is 63.0. The van der Waals surface area contributed by atoms with Gasteiger partial charge in [-0.25, -0.2) is 8.42 Å². The minimum absolute atomic E-state index is 0.0352. The van der Waals surface area contributed by atoms with E-state index >= 15 is 0 Å². The van der Waals surface area contributed by atoms with E-state index in [0.29, 0.717) is 0 Å². The number of amides is 1. The SMILES string of the molecule is CC(C)NC(=O)CCCN(c1cccc(C(F)(F)F)c1)S(C)(=O)=O. The molecule has 1 N–H and O–H groups in total. The summed E-state index contributed by atoms with van der Waals surface area (Å²) in [5.74, 6) is -0.234. The van der Waals surface area contributed by atoms with E-state index in [1.54, 1.807) is 13.8 Å². The molecule has 0 saturated heterocycles. The van der Waals surface area contributed by atoms with Crippen LogP contribution in [0.1, 0.15) is 32.3 Å². The van der Waals surface area contributed by atoms with E-state index in [1.807, 2.05) is 0 Å². The van der Waals surface area contributed by atoms with Crippen molar-refractivity contribution in [2.24, 2.45) is 0 Å². The average molecular weight is 366 g/mol. The number of nitrogens with zero attached hydrogens (tertiary/aromatic N) is 1. The summed E-state index contributed by atoms with van der Waals surface area (Å²) in [7, 11) is -3.77. The maximum atomic E-state index is 12.8. The van der Waals surface area contributed by atoms with Crippen LogP contribution in [0.25, 0.3) is 0 Å². The van der Waals surface area contributed by atoms with Crippen molar-refractivity contribution in [2.45, 2.75) is 38.9 Å². The quantitative estimate of drug-likeness (QED) is 0.807. The zero-order chi connectivity index (χ0) is 18.5. The highest BCUT2D eigenvalue weighted by Crippen LogP contribution is 2.32. The first kappa shape index (κ1) is 20.3. The fourth-order valence-corrected chi connectivity index (χ4v) is 3.06. The van der Waals surface area contributed by atoms with E-state index in [9.17, 15) is 26.4 Å². The molecular formula is C15H21F3N2O3S. The van der Waals surface area contributed by atoms with Crippen LogP contribution in [0.2, 0.25) is 0 Å². The summed E-state index contributed by atoms with van der Waals surface area (Å²) in [5.41, 5.74) is -0.997. The minimum atomic E-state index is -4.56. The molecule has 24 heavy (non-hydrogen) atoms. The molecule has 0 saturated carbocycles. The third kappa shape index (κ3) is 6.38. The first-order valence-corrected chi connectivity index (χ1v) is 9.20. The predicted octanol–water partition coefficient (Wildman–Crippen LogP) is 2.78. The molecule has 0 spiro atoms. The maximum Gasteiger partial charge on any atom is 0.416 e. The van der Waals surface area contributed by atoms with Crippen molar-refractivity contribution >= 4 is 21.6 Å². The number of anilines is 1. The lowest BCUT2D eigenvalue weighted by Crippen LogP contribution is -2.33. The average Bonchev–Trinajstić information content (AvgIpc) is 2.40. The minimum Gasteiger partial charge on any atom is -0.354 e. The lowest BCUT2D eigenvalue weighted by molar-refractivity contribution is -0.137. The summed E-state index contributed by atoms with van der Waals surface area (Å²) >= 11 is 0. The van der Waals surface area contributed by atoms with Crippen molar-refractivity contribution in [1.29, 1.82) is 0 Å². The smallest absolute Gasteiger partial charge is 0.354 e. The molecule has 0 bridgehead atoms. The maximum absolute atomic E-state index is 12.8. The molecule has 1 rings (SSSR count). The van der Waals surface area contributed by atoms with E-state index in [2.05, 4.69) is 5.32 Å². The highest BCUT2D eigenvalue weighted by molar-refractivity contribution is 7.92. The van der Waals surface area contributed by atoms with Crippen LogP contribution in [0.15, 0.2) is 24.3 Å². The highest BCUT2D eigenvalue weighted by atomic mass is 32.2. The molecule has 0 fully saturated rings. The van der Waals surface area contributed by atoms with E-state index in [-0.39, 0.29) is 37.0 Å². The monoisotopic (exact) mass is 366 g/mol. The molecule has 0 unspecified atom stereocenters. The third-order valence-electron chi connectivity index (χ3n) is 3.08. The zero-order valence-electron chi connectivity index (χ0n) is 13.7. The van der Waals surface area contributed by atoms with Gasteiger partial charge in [0.05, 0.1) is 17.5 Å². The Kier molecular flexibility index (Phi) is 6.65. The van der Waals surface area contributed by atoms with Crippen molar-refractivity contribution < 1.29 is 26.4 Å². The standard InChI is InChI=1S/C15H21F3N2O3S/c1-11(2)19-14(21)8-5-9-20(24(3,22)23)13-7-4-6-12(10-13)15(16,17)18/h4,6-7,10-11H,5,8-9H2,1-3H3,(H,19,21). The summed E-state index contributed by atoms with van der Waals surface area (Å²) in [6, 6.07) is 4.08. The van der Waals surface area contributed by atoms with Crippen LogP contribution in [0.3, 0.4) is 0 Å². The molecule has 0 atom stereocenters. The summed E-state index contributed by atoms with van der Waals surface area (Å²) in [6.07, 6.45) is -3.36. The second-order valence-corrected chi connectivity index (χ2v) is 7.62. The third-order valence-corrected chi connectivity index (χ3v) is 4.27. The van der Waals surface area contributed by atoms with Gasteiger partial charge in [0.2, 0.25) is 15.9 Å². The lowest BCUT2D eigenvalue weighted by Gasteiger charge is -2.23. The normalized spacial score (nSPS) is 12.3. The second-order valence-electron chi connectivity index (χ2n) is 5.71. The first-order chi connectivity index (χ1) is 10.9. The Balaban J connectivity index is 2.90. The van der Waals surface area contributed by atoms with E-state index < -0.39 is 21.8 Å². The molecule has 0 aliphatic rings. The van der Waals surface area contributed by atoms with Crippen LogP contribution in [-0.4, -0.2) is 33.2 Å². The number of rotatable bonds is 7. The Hall–Kier alpha value is -1.77. The van der Waals surface area contributed by atoms with Gasteiger partial charge in [-0.05, 0) is 38.5 Å². The molecule has 136 valence electrons. The molecular weight excluding hydrogens is 345 g/mol. The van der Waals surface area contributed by atoms with Gasteiger partial charge in [0.15, 0.2) is 0 Å². The van der Waals surface area contributed by atoms with Gasteiger partial charge in [-0.3, -0.25) is 9.10 Å². The molecule has 0 heterocycles. The van der Waals surface area contributed by atoms with E-state index in [4.69, 9.17) is 0 Å². The van der Waals surface area contributed by atoms with Gasteiger partial charge >= 0.3 is 6.18 Å². The van der Waals surface area contributed by atoms with Crippen LogP contribution in [-0.2, 0) is 21.0 Å². The largest absolute Gasteiger partial charge is 0.416 e. The van der Waals surface area contributed by atoms with Crippen molar-refractivity contribution in [1.82, 2.24) is 5.32 Å². The summed E-state index contributed by atoms with van der Waals surface area (Å²) in [6.45, 7) is 3.51. The highest BCUT2D eigenvalue weighted by Gasteiger charge is 2.31. The van der Waals surface area contributed by atoms with Gasteiger partial charge in [-0.2, -0.15) is 13.2 Å². The molecule has 1 amide bonds. The number of carbonyl (C=O) groups is 1. The lowest BCUT2D eigenvalue weighted by atomic mass is 10.2. The molecule has 0 aliphatic heterocycles. The number of alkyl halides is 3. The van der Waals surface area contributed by atoms with Crippen LogP contribution in [0, 0.1) is 0 Å². The van der Waals surface area contributed by atoms with Gasteiger partial charge in [-0.15, -0.1) is 0 Å². The van der Waals surface area contributed by atoms with Crippen LogP contribution < -0.4 is 9.62 Å². The van der Waals surface area contributed by atoms with Gasteiger partial charge in [0.1, 0.15) is 0 Å². The summed E-state index contributed by atoms with van der Waals surface area (Å²) in [4.78, 5) is 11.6. The first-order valence-electron chi connectivity index (χ1n) is 7.35. The van der Waals surface area contributed by atoms with Crippen molar-refractivity contribution in [3.05, 3.63) is 29.8 Å². The van der Waals surface area contributed by atoms with Crippen molar-refractivity contribution in [3.63, 3.8) is 0 Å². The molecule has 1 aromatic rings. The Bertz CT molecular complexity index is 673.